The molecular weight excluding hydrogens is 291 g/mol. The van der Waals surface area contributed by atoms with Crippen LogP contribution in [0.4, 0.5) is 13.2 Å². The number of guanidine groups is 1. The minimum absolute atomic E-state index is 0.344. The Kier molecular flexibility index (Phi) is 4.40. The molecule has 0 heterocycles. The van der Waals surface area contributed by atoms with E-state index in [2.05, 4.69) is 4.99 Å². The normalized spacial score (nSPS) is 16.7. The fourth-order valence-electron chi connectivity index (χ4n) is 2.25. The summed E-state index contributed by atoms with van der Waals surface area (Å²) < 4.78 is 38.5. The Morgan fingerprint density at radius 2 is 1.86 bits per heavy atom. The summed E-state index contributed by atoms with van der Waals surface area (Å²) in [6, 6.07) is 5.86. The maximum absolute atomic E-state index is 12.8. The van der Waals surface area contributed by atoms with Gasteiger partial charge < -0.3 is 10.6 Å². The Balaban J connectivity index is 2.14. The van der Waals surface area contributed by atoms with Crippen molar-refractivity contribution < 1.29 is 13.2 Å². The third-order valence-electron chi connectivity index (χ3n) is 4.06. The molecule has 0 unspecified atom stereocenters. The van der Waals surface area contributed by atoms with Gasteiger partial charge in [0.25, 0.3) is 0 Å². The Morgan fingerprint density at radius 1 is 1.27 bits per heavy atom. The lowest BCUT2D eigenvalue weighted by molar-refractivity contribution is -0.137. The molecule has 1 aromatic carbocycles. The topological polar surface area (TPSA) is 41.6 Å². The van der Waals surface area contributed by atoms with Crippen LogP contribution in [0.25, 0.3) is 0 Å². The van der Waals surface area contributed by atoms with Gasteiger partial charge in [-0.1, -0.05) is 32.0 Å². The molecule has 6 heteroatoms. The van der Waals surface area contributed by atoms with E-state index in [-0.39, 0.29) is 0 Å². The molecule has 1 aromatic rings. The van der Waals surface area contributed by atoms with Crippen molar-refractivity contribution in [3.05, 3.63) is 35.4 Å². The minimum atomic E-state index is -4.33. The van der Waals surface area contributed by atoms with Gasteiger partial charge in [0.15, 0.2) is 5.96 Å². The van der Waals surface area contributed by atoms with Crippen molar-refractivity contribution >= 4 is 5.96 Å². The highest BCUT2D eigenvalue weighted by molar-refractivity contribution is 5.78. The lowest BCUT2D eigenvalue weighted by Crippen LogP contribution is -2.37. The molecule has 2 rings (SSSR count). The average molecular weight is 313 g/mol. The standard InChI is InChI=1S/C16H22F3N3/c1-15(2,10-21-14(20)22(3)13-7-8-13)11-5-4-6-12(9-11)16(17,18)19/h4-6,9,13H,7-8,10H2,1-3H3,(H2,20,21). The first-order valence-electron chi connectivity index (χ1n) is 7.32. The Bertz CT molecular complexity index is 560. The number of nitrogens with zero attached hydrogens (tertiary/aromatic N) is 2. The van der Waals surface area contributed by atoms with Gasteiger partial charge in [0, 0.05) is 18.5 Å². The molecule has 1 fully saturated rings. The van der Waals surface area contributed by atoms with E-state index in [0.717, 1.165) is 18.9 Å². The van der Waals surface area contributed by atoms with Crippen LogP contribution in [0.1, 0.15) is 37.8 Å². The summed E-state index contributed by atoms with van der Waals surface area (Å²) in [7, 11) is 1.90. The molecule has 0 atom stereocenters. The van der Waals surface area contributed by atoms with Gasteiger partial charge >= 0.3 is 6.18 Å². The summed E-state index contributed by atoms with van der Waals surface area (Å²) in [5.41, 5.74) is 5.39. The SMILES string of the molecule is CN(C(N)=NCC(C)(C)c1cccc(C(F)(F)F)c1)C1CC1. The summed E-state index contributed by atoms with van der Waals surface area (Å²) in [5, 5.41) is 0. The molecule has 1 saturated carbocycles. The number of benzene rings is 1. The predicted molar refractivity (Wildman–Crippen MR) is 81.7 cm³/mol. The molecule has 22 heavy (non-hydrogen) atoms. The zero-order valence-electron chi connectivity index (χ0n) is 13.1. The van der Waals surface area contributed by atoms with E-state index in [1.165, 1.54) is 12.1 Å². The number of halogens is 3. The lowest BCUT2D eigenvalue weighted by Gasteiger charge is -2.25. The zero-order valence-corrected chi connectivity index (χ0v) is 13.1. The molecule has 0 aromatic heterocycles. The van der Waals surface area contributed by atoms with Crippen molar-refractivity contribution in [1.82, 2.24) is 4.90 Å². The highest BCUT2D eigenvalue weighted by atomic mass is 19.4. The molecule has 122 valence electrons. The Hall–Kier alpha value is -1.72. The van der Waals surface area contributed by atoms with Crippen molar-refractivity contribution in [3.8, 4) is 0 Å². The van der Waals surface area contributed by atoms with Gasteiger partial charge in [-0.2, -0.15) is 13.2 Å². The first-order valence-corrected chi connectivity index (χ1v) is 7.32. The third kappa shape index (κ3) is 3.93. The van der Waals surface area contributed by atoms with Gasteiger partial charge in [0.05, 0.1) is 12.1 Å². The monoisotopic (exact) mass is 313 g/mol. The number of hydrogen-bond donors (Lipinski definition) is 1. The van der Waals surface area contributed by atoms with E-state index < -0.39 is 17.2 Å². The predicted octanol–water partition coefficient (Wildman–Crippen LogP) is 3.39. The lowest BCUT2D eigenvalue weighted by atomic mass is 9.84. The molecule has 0 aliphatic heterocycles. The third-order valence-corrected chi connectivity index (χ3v) is 4.06. The summed E-state index contributed by atoms with van der Waals surface area (Å²) in [5.74, 6) is 0.447. The fraction of sp³-hybridized carbons (Fsp3) is 0.562. The molecule has 2 N–H and O–H groups in total. The van der Waals surface area contributed by atoms with Crippen LogP contribution in [0.3, 0.4) is 0 Å². The maximum atomic E-state index is 12.8. The van der Waals surface area contributed by atoms with E-state index >= 15 is 0 Å². The number of hydrogen-bond acceptors (Lipinski definition) is 1. The summed E-state index contributed by atoms with van der Waals surface area (Å²) in [4.78, 5) is 6.30. The van der Waals surface area contributed by atoms with Crippen LogP contribution in [0, 0.1) is 0 Å². The second-order valence-electron chi connectivity index (χ2n) is 6.48. The average Bonchev–Trinajstić information content (AvgIpc) is 3.28. The highest BCUT2D eigenvalue weighted by Gasteiger charge is 2.32. The van der Waals surface area contributed by atoms with Crippen LogP contribution in [-0.2, 0) is 11.6 Å². The smallest absolute Gasteiger partial charge is 0.370 e. The quantitative estimate of drug-likeness (QED) is 0.684. The molecule has 0 bridgehead atoms. The van der Waals surface area contributed by atoms with Crippen molar-refractivity contribution in [2.45, 2.75) is 44.3 Å². The molecule has 0 saturated heterocycles. The first kappa shape index (κ1) is 16.6. The molecule has 3 nitrogen and oxygen atoms in total. The number of aliphatic imine (C=N–C) groups is 1. The largest absolute Gasteiger partial charge is 0.416 e. The van der Waals surface area contributed by atoms with E-state index in [0.29, 0.717) is 24.1 Å². The van der Waals surface area contributed by atoms with Crippen molar-refractivity contribution in [3.63, 3.8) is 0 Å². The van der Waals surface area contributed by atoms with E-state index in [4.69, 9.17) is 5.73 Å². The fourth-order valence-corrected chi connectivity index (χ4v) is 2.25. The first-order chi connectivity index (χ1) is 10.1. The number of alkyl halides is 3. The van der Waals surface area contributed by atoms with Gasteiger partial charge in [-0.25, -0.2) is 0 Å². The van der Waals surface area contributed by atoms with Gasteiger partial charge in [-0.3, -0.25) is 4.99 Å². The zero-order chi connectivity index (χ0) is 16.5. The van der Waals surface area contributed by atoms with Crippen LogP contribution >= 0.6 is 0 Å². The minimum Gasteiger partial charge on any atom is -0.370 e. The second kappa shape index (κ2) is 5.82. The van der Waals surface area contributed by atoms with Crippen LogP contribution in [0.15, 0.2) is 29.3 Å². The van der Waals surface area contributed by atoms with Crippen LogP contribution in [-0.4, -0.2) is 30.5 Å². The molecular formula is C16H22F3N3. The Labute approximate surface area is 129 Å². The number of nitrogens with two attached hydrogens (primary N) is 1. The molecule has 0 spiro atoms. The van der Waals surface area contributed by atoms with E-state index in [1.807, 2.05) is 25.8 Å². The summed E-state index contributed by atoms with van der Waals surface area (Å²) in [6.07, 6.45) is -2.10. The van der Waals surface area contributed by atoms with Gasteiger partial charge in [0.1, 0.15) is 0 Å². The highest BCUT2D eigenvalue weighted by Crippen LogP contribution is 2.33. The summed E-state index contributed by atoms with van der Waals surface area (Å²) in [6.45, 7) is 4.09. The number of rotatable bonds is 4. The van der Waals surface area contributed by atoms with Gasteiger partial charge in [-0.05, 0) is 24.5 Å². The van der Waals surface area contributed by atoms with E-state index in [1.54, 1.807) is 6.07 Å². The van der Waals surface area contributed by atoms with E-state index in [9.17, 15) is 13.2 Å². The molecule has 0 amide bonds. The van der Waals surface area contributed by atoms with Gasteiger partial charge in [-0.15, -0.1) is 0 Å². The van der Waals surface area contributed by atoms with Crippen molar-refractivity contribution in [2.24, 2.45) is 10.7 Å². The van der Waals surface area contributed by atoms with Crippen molar-refractivity contribution in [1.29, 1.82) is 0 Å². The van der Waals surface area contributed by atoms with Gasteiger partial charge in [0.2, 0.25) is 0 Å². The maximum Gasteiger partial charge on any atom is 0.416 e. The van der Waals surface area contributed by atoms with Crippen molar-refractivity contribution in [2.75, 3.05) is 13.6 Å². The molecule has 1 aliphatic rings. The second-order valence-corrected chi connectivity index (χ2v) is 6.48. The Morgan fingerprint density at radius 3 is 2.41 bits per heavy atom. The molecule has 1 aliphatic carbocycles. The van der Waals surface area contributed by atoms with Crippen LogP contribution in [0.5, 0.6) is 0 Å². The van der Waals surface area contributed by atoms with Crippen LogP contribution in [0.2, 0.25) is 0 Å². The molecule has 0 radical (unpaired) electrons. The van der Waals surface area contributed by atoms with Crippen LogP contribution < -0.4 is 5.73 Å². The summed E-state index contributed by atoms with van der Waals surface area (Å²) >= 11 is 0.